The van der Waals surface area contributed by atoms with Crippen LogP contribution in [0.15, 0.2) is 57.2 Å². The molecule has 2 aromatic rings. The highest BCUT2D eigenvalue weighted by Crippen LogP contribution is 2.26. The van der Waals surface area contributed by atoms with Gasteiger partial charge < -0.3 is 9.90 Å². The maximum atomic E-state index is 12.7. The number of carbonyl (C=O) groups is 1. The highest BCUT2D eigenvalue weighted by Gasteiger charge is 2.24. The number of halogens is 1. The molecule has 0 aliphatic carbocycles. The molecular formula is C16H15ClNO6S2-. The summed E-state index contributed by atoms with van der Waals surface area (Å²) in [5.74, 6) is -1.60. The van der Waals surface area contributed by atoms with Crippen LogP contribution in [-0.4, -0.2) is 28.8 Å². The van der Waals surface area contributed by atoms with Crippen molar-refractivity contribution in [1.82, 2.24) is 4.72 Å². The summed E-state index contributed by atoms with van der Waals surface area (Å²) in [5.41, 5.74) is 0.262. The van der Waals surface area contributed by atoms with Gasteiger partial charge in [-0.25, -0.2) is 21.6 Å². The lowest BCUT2D eigenvalue weighted by molar-refractivity contribution is -0.307. The second kappa shape index (κ2) is 7.36. The first-order valence-electron chi connectivity index (χ1n) is 7.29. The van der Waals surface area contributed by atoms with Crippen LogP contribution in [0.1, 0.15) is 12.5 Å². The Morgan fingerprint density at radius 1 is 1.04 bits per heavy atom. The van der Waals surface area contributed by atoms with Crippen molar-refractivity contribution in [3.05, 3.63) is 53.1 Å². The topological polar surface area (TPSA) is 120 Å². The van der Waals surface area contributed by atoms with Crippen LogP contribution >= 0.6 is 11.6 Å². The summed E-state index contributed by atoms with van der Waals surface area (Å²) in [6.07, 6.45) is 0. The van der Waals surface area contributed by atoms with Gasteiger partial charge in [-0.15, -0.1) is 0 Å². The van der Waals surface area contributed by atoms with E-state index in [2.05, 4.69) is 0 Å². The molecule has 2 rings (SSSR count). The molecular weight excluding hydrogens is 402 g/mol. The summed E-state index contributed by atoms with van der Waals surface area (Å²) in [6.45, 7) is 2.58. The minimum absolute atomic E-state index is 0.0508. The van der Waals surface area contributed by atoms with E-state index in [0.717, 1.165) is 13.0 Å². The molecule has 0 fully saturated rings. The van der Waals surface area contributed by atoms with E-state index in [4.69, 9.17) is 11.6 Å². The van der Waals surface area contributed by atoms with Crippen molar-refractivity contribution in [1.29, 1.82) is 0 Å². The van der Waals surface area contributed by atoms with Crippen LogP contribution in [-0.2, 0) is 24.7 Å². The second-order valence-corrected chi connectivity index (χ2v) is 9.62. The van der Waals surface area contributed by atoms with Crippen molar-refractivity contribution in [3.8, 4) is 0 Å². The predicted molar refractivity (Wildman–Crippen MR) is 92.9 cm³/mol. The van der Waals surface area contributed by atoms with E-state index in [1.165, 1.54) is 43.3 Å². The van der Waals surface area contributed by atoms with Gasteiger partial charge in [0.25, 0.3) is 0 Å². The Morgan fingerprint density at radius 2 is 1.58 bits per heavy atom. The lowest BCUT2D eigenvalue weighted by Crippen LogP contribution is -2.45. The Kier molecular flexibility index (Phi) is 5.76. The Balaban J connectivity index is 2.53. The molecule has 0 radical (unpaired) electrons. The molecule has 10 heteroatoms. The van der Waals surface area contributed by atoms with E-state index < -0.39 is 31.9 Å². The monoisotopic (exact) mass is 416 g/mol. The molecule has 2 aromatic carbocycles. The van der Waals surface area contributed by atoms with Crippen molar-refractivity contribution >= 4 is 37.4 Å². The van der Waals surface area contributed by atoms with Gasteiger partial charge in [-0.3, -0.25) is 0 Å². The standard InChI is InChI=1S/C16H16ClNO6S2/c1-10-3-6-14(25(21,22)13-7-4-12(17)5-8-13)9-15(10)26(23,24)18-11(2)16(19)20/h3-9,11,18H,1-2H3,(H,19,20)/p-1/t11-/m0/s1. The third-order valence-corrected chi connectivity index (χ3v) is 7.27. The highest BCUT2D eigenvalue weighted by molar-refractivity contribution is 7.91. The maximum Gasteiger partial charge on any atom is 0.241 e. The molecule has 0 aliphatic rings. The molecule has 26 heavy (non-hydrogen) atoms. The van der Waals surface area contributed by atoms with Crippen LogP contribution < -0.4 is 9.83 Å². The zero-order valence-electron chi connectivity index (χ0n) is 13.8. The molecule has 1 atom stereocenters. The number of aryl methyl sites for hydroxylation is 1. The second-order valence-electron chi connectivity index (χ2n) is 5.55. The summed E-state index contributed by atoms with van der Waals surface area (Å²) in [7, 11) is -8.24. The van der Waals surface area contributed by atoms with Crippen molar-refractivity contribution in [2.24, 2.45) is 0 Å². The molecule has 0 unspecified atom stereocenters. The van der Waals surface area contributed by atoms with Gasteiger partial charge in [0.2, 0.25) is 19.9 Å². The number of hydrogen-bond donors (Lipinski definition) is 1. The molecule has 0 heterocycles. The lowest BCUT2D eigenvalue weighted by Gasteiger charge is -2.16. The van der Waals surface area contributed by atoms with Crippen LogP contribution in [0.2, 0.25) is 5.02 Å². The van der Waals surface area contributed by atoms with Crippen molar-refractivity contribution in [2.45, 2.75) is 34.6 Å². The van der Waals surface area contributed by atoms with Crippen molar-refractivity contribution in [3.63, 3.8) is 0 Å². The molecule has 0 aromatic heterocycles. The summed E-state index contributed by atoms with van der Waals surface area (Å²) < 4.78 is 52.2. The van der Waals surface area contributed by atoms with E-state index in [1.54, 1.807) is 0 Å². The Hall–Kier alpha value is -1.94. The van der Waals surface area contributed by atoms with Gasteiger partial charge in [0.1, 0.15) is 0 Å². The number of rotatable bonds is 6. The fourth-order valence-electron chi connectivity index (χ4n) is 2.13. The van der Waals surface area contributed by atoms with Gasteiger partial charge in [0.15, 0.2) is 0 Å². The van der Waals surface area contributed by atoms with Gasteiger partial charge in [0, 0.05) is 5.02 Å². The van der Waals surface area contributed by atoms with Crippen LogP contribution in [0.5, 0.6) is 0 Å². The van der Waals surface area contributed by atoms with E-state index >= 15 is 0 Å². The summed E-state index contributed by atoms with van der Waals surface area (Å²) in [6, 6.07) is 7.55. The summed E-state index contributed by atoms with van der Waals surface area (Å²) in [5, 5.41) is 11.1. The van der Waals surface area contributed by atoms with Crippen LogP contribution in [0.4, 0.5) is 0 Å². The number of hydrogen-bond acceptors (Lipinski definition) is 6. The van der Waals surface area contributed by atoms with Gasteiger partial charge >= 0.3 is 0 Å². The number of benzene rings is 2. The molecule has 0 spiro atoms. The van der Waals surface area contributed by atoms with Gasteiger partial charge in [-0.1, -0.05) is 17.7 Å². The van der Waals surface area contributed by atoms with Crippen molar-refractivity contribution < 1.29 is 26.7 Å². The first kappa shape index (κ1) is 20.4. The molecule has 0 saturated carbocycles. The Labute approximate surface area is 156 Å². The molecule has 1 N–H and O–H groups in total. The molecule has 0 aliphatic heterocycles. The fraction of sp³-hybridized carbons (Fsp3) is 0.188. The number of nitrogens with one attached hydrogen (secondary N) is 1. The molecule has 0 bridgehead atoms. The molecule has 7 nitrogen and oxygen atoms in total. The molecule has 140 valence electrons. The normalized spacial score (nSPS) is 13.3. The summed E-state index contributed by atoms with van der Waals surface area (Å²) >= 11 is 5.75. The maximum absolute atomic E-state index is 12.7. The average molecular weight is 417 g/mol. The largest absolute Gasteiger partial charge is 0.548 e. The number of carbonyl (C=O) groups excluding carboxylic acids is 1. The van der Waals surface area contributed by atoms with Crippen LogP contribution in [0.3, 0.4) is 0 Å². The highest BCUT2D eigenvalue weighted by atomic mass is 35.5. The number of sulfone groups is 1. The van der Waals surface area contributed by atoms with E-state index in [0.29, 0.717) is 5.02 Å². The zero-order valence-corrected chi connectivity index (χ0v) is 16.2. The SMILES string of the molecule is Cc1ccc(S(=O)(=O)c2ccc(Cl)cc2)cc1S(=O)(=O)N[C@@H](C)C(=O)[O-]. The first-order chi connectivity index (χ1) is 11.9. The number of carboxylic acids is 1. The number of aliphatic carboxylic acids is 1. The van der Waals surface area contributed by atoms with Crippen LogP contribution in [0, 0.1) is 6.92 Å². The number of sulfonamides is 1. The Morgan fingerprint density at radius 3 is 2.12 bits per heavy atom. The van der Waals surface area contributed by atoms with Gasteiger partial charge in [-0.05, 0) is 55.8 Å². The molecule has 0 amide bonds. The van der Waals surface area contributed by atoms with E-state index in [9.17, 15) is 26.7 Å². The smallest absolute Gasteiger partial charge is 0.241 e. The minimum Gasteiger partial charge on any atom is -0.548 e. The average Bonchev–Trinajstić information content (AvgIpc) is 2.54. The van der Waals surface area contributed by atoms with E-state index in [1.807, 2.05) is 4.72 Å². The Bertz CT molecular complexity index is 1050. The first-order valence-corrected chi connectivity index (χ1v) is 10.6. The minimum atomic E-state index is -4.26. The fourth-order valence-corrected chi connectivity index (χ4v) is 5.08. The van der Waals surface area contributed by atoms with Crippen molar-refractivity contribution in [2.75, 3.05) is 0 Å². The zero-order chi connectivity index (χ0) is 19.7. The lowest BCUT2D eigenvalue weighted by atomic mass is 10.2. The third kappa shape index (κ3) is 4.24. The predicted octanol–water partition coefficient (Wildman–Crippen LogP) is 0.898. The summed E-state index contributed by atoms with van der Waals surface area (Å²) in [4.78, 5) is 10.2. The quantitative estimate of drug-likeness (QED) is 0.746. The number of carboxylic acid groups (broad SMARTS) is 1. The van der Waals surface area contributed by atoms with Gasteiger partial charge in [0.05, 0.1) is 26.7 Å². The van der Waals surface area contributed by atoms with Gasteiger partial charge in [-0.2, -0.15) is 0 Å². The van der Waals surface area contributed by atoms with E-state index in [-0.39, 0.29) is 20.2 Å². The third-order valence-electron chi connectivity index (χ3n) is 3.57. The molecule has 0 saturated heterocycles. The van der Waals surface area contributed by atoms with Crippen LogP contribution in [0.25, 0.3) is 0 Å².